The first kappa shape index (κ1) is 14.9. The normalized spacial score (nSPS) is 18.3. The Morgan fingerprint density at radius 2 is 2.05 bits per heavy atom. The van der Waals surface area contributed by atoms with E-state index >= 15 is 0 Å². The molecule has 0 bridgehead atoms. The van der Waals surface area contributed by atoms with Crippen LogP contribution in [-0.2, 0) is 0 Å². The molecule has 1 aromatic rings. The summed E-state index contributed by atoms with van der Waals surface area (Å²) in [5.41, 5.74) is 0.517. The van der Waals surface area contributed by atoms with Crippen molar-refractivity contribution in [1.29, 1.82) is 0 Å². The molecule has 0 radical (unpaired) electrons. The molecule has 112 valence electrons. The van der Waals surface area contributed by atoms with Crippen LogP contribution in [0.1, 0.15) is 26.7 Å². The second-order valence-corrected chi connectivity index (χ2v) is 5.36. The molecule has 0 spiro atoms. The van der Waals surface area contributed by atoms with E-state index in [1.54, 1.807) is 18.2 Å². The number of β-amino-alcohol motifs (C(OH)–C–C–N with tert-alkyl or cyclic N) is 1. The second kappa shape index (κ2) is 5.89. The highest BCUT2D eigenvalue weighted by molar-refractivity contribution is 5.63. The molecule has 0 aromatic heterocycles. The Bertz CT molecular complexity index is 459. The quantitative estimate of drug-likeness (QED) is 0.763. The molecule has 0 amide bonds. The third-order valence-electron chi connectivity index (χ3n) is 4.02. The molecule has 3 N–H and O–H groups in total. The zero-order valence-electron chi connectivity index (χ0n) is 12.0. The number of fused-ring (bicyclic) bond motifs is 1. The summed E-state index contributed by atoms with van der Waals surface area (Å²) in [6.45, 7) is 4.88. The van der Waals surface area contributed by atoms with E-state index in [9.17, 15) is 10.2 Å². The summed E-state index contributed by atoms with van der Waals surface area (Å²) in [7, 11) is 0. The predicted molar refractivity (Wildman–Crippen MR) is 77.4 cm³/mol. The topological polar surface area (TPSA) is 73.2 Å². The fourth-order valence-electron chi connectivity index (χ4n) is 2.64. The summed E-state index contributed by atoms with van der Waals surface area (Å²) in [4.78, 5) is 2.02. The van der Waals surface area contributed by atoms with Crippen molar-refractivity contribution in [1.82, 2.24) is 0 Å². The van der Waals surface area contributed by atoms with Crippen molar-refractivity contribution in [2.24, 2.45) is 0 Å². The summed E-state index contributed by atoms with van der Waals surface area (Å²) < 4.78 is 6.10. The van der Waals surface area contributed by atoms with Crippen LogP contribution in [0, 0.1) is 0 Å². The summed E-state index contributed by atoms with van der Waals surface area (Å²) in [6, 6.07) is 4.99. The standard InChI is InChI=1S/C15H23NO4/c1-3-15(4-2)10-16(8-12(19)9-17)13-6-5-11(18)7-14(13)20-15/h5-7,12,17-19H,3-4,8-10H2,1-2H3. The lowest BCUT2D eigenvalue weighted by Crippen LogP contribution is -2.52. The van der Waals surface area contributed by atoms with Gasteiger partial charge in [-0.3, -0.25) is 0 Å². The van der Waals surface area contributed by atoms with Crippen LogP contribution >= 0.6 is 0 Å². The molecule has 5 nitrogen and oxygen atoms in total. The largest absolute Gasteiger partial charge is 0.508 e. The number of benzene rings is 1. The smallest absolute Gasteiger partial charge is 0.147 e. The van der Waals surface area contributed by atoms with Crippen LogP contribution in [0.25, 0.3) is 0 Å². The van der Waals surface area contributed by atoms with Crippen molar-refractivity contribution >= 4 is 5.69 Å². The number of nitrogens with zero attached hydrogens (tertiary/aromatic N) is 1. The monoisotopic (exact) mass is 281 g/mol. The average molecular weight is 281 g/mol. The SMILES string of the molecule is CCC1(CC)CN(CC(O)CO)c2ccc(O)cc2O1. The van der Waals surface area contributed by atoms with Gasteiger partial charge in [-0.05, 0) is 25.0 Å². The molecule has 1 atom stereocenters. The van der Waals surface area contributed by atoms with E-state index in [2.05, 4.69) is 13.8 Å². The Labute approximate surface area is 119 Å². The molecule has 1 aromatic carbocycles. The fourth-order valence-corrected chi connectivity index (χ4v) is 2.64. The van der Waals surface area contributed by atoms with Gasteiger partial charge >= 0.3 is 0 Å². The lowest BCUT2D eigenvalue weighted by Gasteiger charge is -2.44. The van der Waals surface area contributed by atoms with Gasteiger partial charge in [-0.1, -0.05) is 13.8 Å². The molecule has 1 aliphatic heterocycles. The number of ether oxygens (including phenoxy) is 1. The van der Waals surface area contributed by atoms with E-state index < -0.39 is 6.10 Å². The molecular formula is C15H23NO4. The second-order valence-electron chi connectivity index (χ2n) is 5.36. The highest BCUT2D eigenvalue weighted by Crippen LogP contribution is 2.41. The van der Waals surface area contributed by atoms with Gasteiger partial charge in [0.25, 0.3) is 0 Å². The maximum absolute atomic E-state index is 9.72. The summed E-state index contributed by atoms with van der Waals surface area (Å²) >= 11 is 0. The van der Waals surface area contributed by atoms with Crippen LogP contribution in [0.5, 0.6) is 11.5 Å². The zero-order chi connectivity index (χ0) is 14.8. The molecule has 1 heterocycles. The first-order chi connectivity index (χ1) is 9.53. The van der Waals surface area contributed by atoms with Gasteiger partial charge in [0.2, 0.25) is 0 Å². The van der Waals surface area contributed by atoms with Crippen LogP contribution in [0.3, 0.4) is 0 Å². The number of phenolic OH excluding ortho intramolecular Hbond substituents is 1. The minimum atomic E-state index is -0.791. The third kappa shape index (κ3) is 2.83. The van der Waals surface area contributed by atoms with Gasteiger partial charge in [0, 0.05) is 12.6 Å². The number of aliphatic hydroxyl groups excluding tert-OH is 2. The van der Waals surface area contributed by atoms with Gasteiger partial charge in [0.15, 0.2) is 0 Å². The highest BCUT2D eigenvalue weighted by atomic mass is 16.5. The van der Waals surface area contributed by atoms with Crippen LogP contribution in [-0.4, -0.2) is 46.7 Å². The number of phenols is 1. The first-order valence-electron chi connectivity index (χ1n) is 7.09. The number of aromatic hydroxyl groups is 1. The molecular weight excluding hydrogens is 258 g/mol. The molecule has 1 unspecified atom stereocenters. The van der Waals surface area contributed by atoms with Crippen LogP contribution < -0.4 is 9.64 Å². The van der Waals surface area contributed by atoms with Crippen molar-refractivity contribution in [2.45, 2.75) is 38.4 Å². The molecule has 1 aliphatic rings. The molecule has 0 aliphatic carbocycles. The molecule has 0 saturated carbocycles. The van der Waals surface area contributed by atoms with Gasteiger partial charge in [0.05, 0.1) is 24.9 Å². The Balaban J connectivity index is 2.36. The Kier molecular flexibility index (Phi) is 4.40. The number of anilines is 1. The average Bonchev–Trinajstić information content (AvgIpc) is 2.46. The lowest BCUT2D eigenvalue weighted by molar-refractivity contribution is 0.0485. The van der Waals surface area contributed by atoms with Gasteiger partial charge < -0.3 is 25.0 Å². The third-order valence-corrected chi connectivity index (χ3v) is 4.02. The first-order valence-corrected chi connectivity index (χ1v) is 7.09. The maximum Gasteiger partial charge on any atom is 0.147 e. The summed E-state index contributed by atoms with van der Waals surface area (Å²) in [5, 5.41) is 28.4. The Hall–Kier alpha value is -1.46. The van der Waals surface area contributed by atoms with E-state index in [1.807, 2.05) is 4.90 Å². The van der Waals surface area contributed by atoms with Gasteiger partial charge in [-0.2, -0.15) is 0 Å². The molecule has 5 heteroatoms. The van der Waals surface area contributed by atoms with Crippen LogP contribution in [0.2, 0.25) is 0 Å². The van der Waals surface area contributed by atoms with Crippen LogP contribution in [0.4, 0.5) is 5.69 Å². The Morgan fingerprint density at radius 1 is 1.35 bits per heavy atom. The minimum Gasteiger partial charge on any atom is -0.508 e. The molecule has 2 rings (SSSR count). The van der Waals surface area contributed by atoms with Crippen molar-refractivity contribution in [3.63, 3.8) is 0 Å². The predicted octanol–water partition coefficient (Wildman–Crippen LogP) is 1.50. The maximum atomic E-state index is 9.72. The van der Waals surface area contributed by atoms with Crippen molar-refractivity contribution in [2.75, 3.05) is 24.6 Å². The van der Waals surface area contributed by atoms with E-state index in [4.69, 9.17) is 9.84 Å². The van der Waals surface area contributed by atoms with E-state index in [-0.39, 0.29) is 18.0 Å². The zero-order valence-corrected chi connectivity index (χ0v) is 12.0. The summed E-state index contributed by atoms with van der Waals surface area (Å²) in [6.07, 6.45) is 0.885. The number of aliphatic hydroxyl groups is 2. The summed E-state index contributed by atoms with van der Waals surface area (Å²) in [5.74, 6) is 0.791. The van der Waals surface area contributed by atoms with E-state index in [0.29, 0.717) is 18.8 Å². The van der Waals surface area contributed by atoms with E-state index in [1.165, 1.54) is 0 Å². The minimum absolute atomic E-state index is 0.161. The van der Waals surface area contributed by atoms with Gasteiger partial charge in [-0.15, -0.1) is 0 Å². The van der Waals surface area contributed by atoms with Gasteiger partial charge in [0.1, 0.15) is 17.1 Å². The number of hydrogen-bond donors (Lipinski definition) is 3. The molecule has 0 fully saturated rings. The Morgan fingerprint density at radius 3 is 2.65 bits per heavy atom. The van der Waals surface area contributed by atoms with Gasteiger partial charge in [-0.25, -0.2) is 0 Å². The van der Waals surface area contributed by atoms with Crippen LogP contribution in [0.15, 0.2) is 18.2 Å². The fraction of sp³-hybridized carbons (Fsp3) is 0.600. The molecule has 20 heavy (non-hydrogen) atoms. The number of hydrogen-bond acceptors (Lipinski definition) is 5. The van der Waals surface area contributed by atoms with Crippen molar-refractivity contribution in [3.8, 4) is 11.5 Å². The van der Waals surface area contributed by atoms with Crippen molar-refractivity contribution in [3.05, 3.63) is 18.2 Å². The lowest BCUT2D eigenvalue weighted by atomic mass is 9.93. The van der Waals surface area contributed by atoms with E-state index in [0.717, 1.165) is 18.5 Å². The number of rotatable bonds is 5. The highest BCUT2D eigenvalue weighted by Gasteiger charge is 2.37. The molecule has 0 saturated heterocycles. The van der Waals surface area contributed by atoms with Crippen molar-refractivity contribution < 1.29 is 20.1 Å².